The maximum Gasteiger partial charge on any atom is 0.231 e. The standard InChI is InChI=1S/C29H24Cl2N2O2/c30-20-12-13-21(22(31)16-20)28-27-24(14-19(15-26(27)34)17-6-2-1-3-7-17)32-23-8-4-5-9-25(23)33(28)29(35)18-10-11-18/h1-9,12-13,16,18-19,28,32H,10-11,14-15H2/t19-,28-/m1/s1. The summed E-state index contributed by atoms with van der Waals surface area (Å²) in [7, 11) is 0. The number of para-hydroxylation sites is 2. The minimum atomic E-state index is -0.622. The first-order valence-corrected chi connectivity index (χ1v) is 12.7. The first kappa shape index (κ1) is 22.4. The third-order valence-electron chi connectivity index (χ3n) is 7.18. The van der Waals surface area contributed by atoms with Crippen molar-refractivity contribution in [3.05, 3.63) is 105 Å². The van der Waals surface area contributed by atoms with Gasteiger partial charge in [0.2, 0.25) is 5.91 Å². The van der Waals surface area contributed by atoms with E-state index in [1.54, 1.807) is 17.0 Å². The van der Waals surface area contributed by atoms with Gasteiger partial charge in [-0.1, -0.05) is 71.7 Å². The van der Waals surface area contributed by atoms with E-state index in [-0.39, 0.29) is 23.5 Å². The van der Waals surface area contributed by atoms with Gasteiger partial charge in [0.1, 0.15) is 0 Å². The molecule has 1 amide bonds. The van der Waals surface area contributed by atoms with Crippen LogP contribution in [-0.2, 0) is 9.59 Å². The van der Waals surface area contributed by atoms with Crippen molar-refractivity contribution in [2.75, 3.05) is 10.2 Å². The number of hydrogen-bond donors (Lipinski definition) is 1. The van der Waals surface area contributed by atoms with E-state index in [4.69, 9.17) is 23.2 Å². The third kappa shape index (κ3) is 4.05. The average molecular weight is 503 g/mol. The number of nitrogens with one attached hydrogen (secondary N) is 1. The normalized spacial score (nSPS) is 21.7. The number of hydrogen-bond acceptors (Lipinski definition) is 3. The lowest BCUT2D eigenvalue weighted by molar-refractivity contribution is -0.120. The maximum absolute atomic E-state index is 13.9. The van der Waals surface area contributed by atoms with Crippen LogP contribution < -0.4 is 10.2 Å². The maximum atomic E-state index is 13.9. The smallest absolute Gasteiger partial charge is 0.231 e. The van der Waals surface area contributed by atoms with Gasteiger partial charge < -0.3 is 5.32 Å². The second kappa shape index (κ2) is 8.85. The quantitative estimate of drug-likeness (QED) is 0.408. The molecule has 1 N–H and O–H groups in total. The van der Waals surface area contributed by atoms with Crippen molar-refractivity contribution in [2.24, 2.45) is 5.92 Å². The zero-order valence-electron chi connectivity index (χ0n) is 19.0. The molecule has 0 aromatic heterocycles. The largest absolute Gasteiger partial charge is 0.357 e. The molecule has 0 bridgehead atoms. The van der Waals surface area contributed by atoms with Gasteiger partial charge in [-0.15, -0.1) is 0 Å². The molecule has 6 heteroatoms. The fourth-order valence-electron chi connectivity index (χ4n) is 5.34. The number of anilines is 2. The Bertz CT molecular complexity index is 1360. The number of ketones is 1. The summed E-state index contributed by atoms with van der Waals surface area (Å²) in [6.07, 6.45) is 2.78. The Labute approximate surface area is 214 Å². The number of fused-ring (bicyclic) bond motifs is 1. The van der Waals surface area contributed by atoms with Gasteiger partial charge in [-0.3, -0.25) is 14.5 Å². The Morgan fingerprint density at radius 2 is 1.66 bits per heavy atom. The number of amides is 1. The molecule has 2 aliphatic carbocycles. The molecule has 1 aliphatic heterocycles. The van der Waals surface area contributed by atoms with Crippen LogP contribution in [0.25, 0.3) is 0 Å². The molecule has 3 aromatic carbocycles. The van der Waals surface area contributed by atoms with Crippen molar-refractivity contribution >= 4 is 46.3 Å². The zero-order chi connectivity index (χ0) is 24.1. The Morgan fingerprint density at radius 3 is 2.40 bits per heavy atom. The number of Topliss-reactive ketones (excluding diaryl/α,β-unsaturated/α-hetero) is 1. The lowest BCUT2D eigenvalue weighted by Crippen LogP contribution is -2.39. The highest BCUT2D eigenvalue weighted by atomic mass is 35.5. The van der Waals surface area contributed by atoms with Crippen LogP contribution in [0.15, 0.2) is 84.1 Å². The number of allylic oxidation sites excluding steroid dienone is 1. The molecule has 0 spiro atoms. The van der Waals surface area contributed by atoms with Crippen LogP contribution in [0.2, 0.25) is 10.0 Å². The summed E-state index contributed by atoms with van der Waals surface area (Å²) in [5.41, 5.74) is 4.90. The Hall–Kier alpha value is -3.08. The second-order valence-electron chi connectivity index (χ2n) is 9.52. The summed E-state index contributed by atoms with van der Waals surface area (Å²) >= 11 is 13.0. The number of carbonyl (C=O) groups is 2. The van der Waals surface area contributed by atoms with Crippen LogP contribution in [0.4, 0.5) is 11.4 Å². The number of nitrogens with zero attached hydrogens (tertiary/aromatic N) is 1. The third-order valence-corrected chi connectivity index (χ3v) is 7.74. The molecule has 1 fully saturated rings. The summed E-state index contributed by atoms with van der Waals surface area (Å²) in [5, 5.41) is 4.52. The number of carbonyl (C=O) groups excluding carboxylic acids is 2. The molecular formula is C29H24Cl2N2O2. The van der Waals surface area contributed by atoms with Crippen molar-refractivity contribution in [1.82, 2.24) is 0 Å². The van der Waals surface area contributed by atoms with Crippen LogP contribution in [0.1, 0.15) is 48.8 Å². The molecule has 1 heterocycles. The Kier molecular flexibility index (Phi) is 5.66. The fraction of sp³-hybridized carbons (Fsp3) is 0.241. The molecule has 0 unspecified atom stereocenters. The van der Waals surface area contributed by atoms with Crippen molar-refractivity contribution in [2.45, 2.75) is 37.6 Å². The van der Waals surface area contributed by atoms with Crippen LogP contribution in [-0.4, -0.2) is 11.7 Å². The summed E-state index contributed by atoms with van der Waals surface area (Å²) in [4.78, 5) is 29.5. The Balaban J connectivity index is 1.57. The Morgan fingerprint density at radius 1 is 0.914 bits per heavy atom. The highest BCUT2D eigenvalue weighted by Crippen LogP contribution is 2.50. The lowest BCUT2D eigenvalue weighted by atomic mass is 9.78. The van der Waals surface area contributed by atoms with E-state index in [9.17, 15) is 9.59 Å². The molecule has 3 aliphatic rings. The highest BCUT2D eigenvalue weighted by molar-refractivity contribution is 6.35. The van der Waals surface area contributed by atoms with E-state index in [1.165, 1.54) is 0 Å². The molecular weight excluding hydrogens is 479 g/mol. The summed E-state index contributed by atoms with van der Waals surface area (Å²) < 4.78 is 0. The topological polar surface area (TPSA) is 49.4 Å². The molecule has 4 nitrogen and oxygen atoms in total. The number of benzene rings is 3. The average Bonchev–Trinajstić information content (AvgIpc) is 3.71. The molecule has 3 aromatic rings. The molecule has 1 saturated carbocycles. The molecule has 35 heavy (non-hydrogen) atoms. The molecule has 176 valence electrons. The summed E-state index contributed by atoms with van der Waals surface area (Å²) in [6.45, 7) is 0. The van der Waals surface area contributed by atoms with E-state index in [1.807, 2.05) is 48.5 Å². The number of halogens is 2. The summed E-state index contributed by atoms with van der Waals surface area (Å²) in [6, 6.07) is 22.6. The van der Waals surface area contributed by atoms with E-state index < -0.39 is 6.04 Å². The van der Waals surface area contributed by atoms with Crippen molar-refractivity contribution in [3.63, 3.8) is 0 Å². The van der Waals surface area contributed by atoms with Gasteiger partial charge in [-0.05, 0) is 60.6 Å². The van der Waals surface area contributed by atoms with Crippen LogP contribution >= 0.6 is 23.2 Å². The van der Waals surface area contributed by atoms with Crippen molar-refractivity contribution in [3.8, 4) is 0 Å². The van der Waals surface area contributed by atoms with Crippen LogP contribution in [0.3, 0.4) is 0 Å². The molecule has 0 radical (unpaired) electrons. The minimum absolute atomic E-state index is 0.0296. The number of rotatable bonds is 3. The van der Waals surface area contributed by atoms with E-state index in [2.05, 4.69) is 17.4 Å². The van der Waals surface area contributed by atoms with Crippen molar-refractivity contribution < 1.29 is 9.59 Å². The van der Waals surface area contributed by atoms with E-state index >= 15 is 0 Å². The van der Waals surface area contributed by atoms with Gasteiger partial charge in [0.15, 0.2) is 5.78 Å². The zero-order valence-corrected chi connectivity index (χ0v) is 20.5. The van der Waals surface area contributed by atoms with Gasteiger partial charge in [0, 0.05) is 33.7 Å². The second-order valence-corrected chi connectivity index (χ2v) is 10.4. The van der Waals surface area contributed by atoms with Crippen LogP contribution in [0, 0.1) is 5.92 Å². The SMILES string of the molecule is O=C1C[C@H](c2ccccc2)CC2=C1[C@@H](c1ccc(Cl)cc1Cl)N(C(=O)C1CC1)c1ccccc1N2. The highest BCUT2D eigenvalue weighted by Gasteiger charge is 2.45. The van der Waals surface area contributed by atoms with E-state index in [0.717, 1.165) is 35.5 Å². The summed E-state index contributed by atoms with van der Waals surface area (Å²) in [5.74, 6) is 0.0932. The van der Waals surface area contributed by atoms with Gasteiger partial charge in [-0.25, -0.2) is 0 Å². The lowest BCUT2D eigenvalue weighted by Gasteiger charge is -2.35. The molecule has 6 rings (SSSR count). The van der Waals surface area contributed by atoms with Crippen molar-refractivity contribution in [1.29, 1.82) is 0 Å². The minimum Gasteiger partial charge on any atom is -0.357 e. The van der Waals surface area contributed by atoms with Crippen LogP contribution in [0.5, 0.6) is 0 Å². The molecule has 0 saturated heterocycles. The van der Waals surface area contributed by atoms with Gasteiger partial charge in [0.05, 0.1) is 17.4 Å². The monoisotopic (exact) mass is 502 g/mol. The predicted octanol–water partition coefficient (Wildman–Crippen LogP) is 7.30. The van der Waals surface area contributed by atoms with Gasteiger partial charge in [0.25, 0.3) is 0 Å². The van der Waals surface area contributed by atoms with E-state index in [0.29, 0.717) is 34.0 Å². The fourth-order valence-corrected chi connectivity index (χ4v) is 5.85. The van der Waals surface area contributed by atoms with Gasteiger partial charge >= 0.3 is 0 Å². The first-order chi connectivity index (χ1) is 17.0. The predicted molar refractivity (Wildman–Crippen MR) is 140 cm³/mol. The first-order valence-electron chi connectivity index (χ1n) is 12.0. The van der Waals surface area contributed by atoms with Gasteiger partial charge in [-0.2, -0.15) is 0 Å². The molecule has 2 atom stereocenters.